The number of ketones is 1. The van der Waals surface area contributed by atoms with Crippen LogP contribution in [0.2, 0.25) is 0 Å². The van der Waals surface area contributed by atoms with Crippen molar-refractivity contribution in [2.45, 2.75) is 26.2 Å². The number of carbonyl (C=O) groups is 1. The lowest BCUT2D eigenvalue weighted by Crippen LogP contribution is -2.39. The standard InChI is InChI=1S/C14H18N4O3/c1-11(19)14(17-8-3-2-4-9-17)16-15-12-6-5-7-13(10-12)18(20)21/h5-7,10,15H,2-4,8-9H2,1H3/b16-14+. The van der Waals surface area contributed by atoms with Crippen LogP contribution in [0.4, 0.5) is 11.4 Å². The third kappa shape index (κ3) is 4.01. The van der Waals surface area contributed by atoms with Crippen molar-refractivity contribution in [1.82, 2.24) is 4.90 Å². The second kappa shape index (κ2) is 6.83. The number of piperidine rings is 1. The lowest BCUT2D eigenvalue weighted by atomic mass is 10.1. The molecule has 0 aliphatic carbocycles. The maximum atomic E-state index is 11.7. The highest BCUT2D eigenvalue weighted by molar-refractivity contribution is 6.37. The second-order valence-corrected chi connectivity index (χ2v) is 4.96. The molecule has 0 amide bonds. The molecular weight excluding hydrogens is 272 g/mol. The number of Topliss-reactive ketones (excluding diaryl/α,β-unsaturated/α-hetero) is 1. The number of rotatable bonds is 4. The average molecular weight is 290 g/mol. The fraction of sp³-hybridized carbons (Fsp3) is 0.429. The molecule has 0 bridgehead atoms. The summed E-state index contributed by atoms with van der Waals surface area (Å²) in [4.78, 5) is 23.9. The van der Waals surface area contributed by atoms with E-state index in [9.17, 15) is 14.9 Å². The van der Waals surface area contributed by atoms with E-state index in [0.29, 0.717) is 11.5 Å². The van der Waals surface area contributed by atoms with Gasteiger partial charge in [0, 0.05) is 32.1 Å². The van der Waals surface area contributed by atoms with Gasteiger partial charge in [0.1, 0.15) is 0 Å². The van der Waals surface area contributed by atoms with Crippen molar-refractivity contribution in [2.24, 2.45) is 5.10 Å². The molecule has 112 valence electrons. The molecule has 2 rings (SSSR count). The Morgan fingerprint density at radius 2 is 2.05 bits per heavy atom. The largest absolute Gasteiger partial charge is 0.352 e. The molecule has 1 fully saturated rings. The van der Waals surface area contributed by atoms with Gasteiger partial charge in [-0.25, -0.2) is 0 Å². The van der Waals surface area contributed by atoms with Gasteiger partial charge >= 0.3 is 0 Å². The number of benzene rings is 1. The Hall–Kier alpha value is -2.44. The fourth-order valence-corrected chi connectivity index (χ4v) is 2.28. The van der Waals surface area contributed by atoms with Crippen molar-refractivity contribution in [1.29, 1.82) is 0 Å². The molecule has 1 heterocycles. The van der Waals surface area contributed by atoms with E-state index in [2.05, 4.69) is 10.5 Å². The highest BCUT2D eigenvalue weighted by Crippen LogP contribution is 2.17. The first-order valence-electron chi connectivity index (χ1n) is 6.92. The number of hydrogen-bond donors (Lipinski definition) is 1. The van der Waals surface area contributed by atoms with Crippen molar-refractivity contribution in [3.8, 4) is 0 Å². The normalized spacial score (nSPS) is 15.7. The van der Waals surface area contributed by atoms with Crippen molar-refractivity contribution < 1.29 is 9.72 Å². The molecule has 1 aliphatic heterocycles. The quantitative estimate of drug-likeness (QED) is 0.398. The molecule has 1 saturated heterocycles. The smallest absolute Gasteiger partial charge is 0.271 e. The van der Waals surface area contributed by atoms with Gasteiger partial charge in [-0.1, -0.05) is 6.07 Å². The summed E-state index contributed by atoms with van der Waals surface area (Å²) in [5, 5.41) is 14.9. The number of amidine groups is 1. The summed E-state index contributed by atoms with van der Waals surface area (Å²) in [6, 6.07) is 6.04. The lowest BCUT2D eigenvalue weighted by molar-refractivity contribution is -0.384. The van der Waals surface area contributed by atoms with E-state index in [1.165, 1.54) is 25.5 Å². The average Bonchev–Trinajstić information content (AvgIpc) is 2.48. The minimum Gasteiger partial charge on any atom is -0.352 e. The Labute approximate surface area is 122 Å². The number of nitrogens with one attached hydrogen (secondary N) is 1. The molecule has 7 heteroatoms. The van der Waals surface area contributed by atoms with Crippen LogP contribution in [0.3, 0.4) is 0 Å². The molecule has 1 aromatic rings. The monoisotopic (exact) mass is 290 g/mol. The second-order valence-electron chi connectivity index (χ2n) is 4.96. The number of nitro groups is 1. The van der Waals surface area contributed by atoms with Gasteiger partial charge in [-0.2, -0.15) is 5.10 Å². The Morgan fingerprint density at radius 1 is 1.33 bits per heavy atom. The third-order valence-electron chi connectivity index (χ3n) is 3.32. The van der Waals surface area contributed by atoms with E-state index in [0.717, 1.165) is 25.9 Å². The number of carbonyl (C=O) groups excluding carboxylic acids is 1. The number of hydrogen-bond acceptors (Lipinski definition) is 5. The molecule has 0 saturated carbocycles. The zero-order valence-electron chi connectivity index (χ0n) is 11.9. The molecule has 0 radical (unpaired) electrons. The van der Waals surface area contributed by atoms with E-state index in [-0.39, 0.29) is 11.5 Å². The molecule has 0 spiro atoms. The maximum absolute atomic E-state index is 11.7. The highest BCUT2D eigenvalue weighted by Gasteiger charge is 2.18. The molecule has 1 N–H and O–H groups in total. The van der Waals surface area contributed by atoms with Crippen molar-refractivity contribution in [2.75, 3.05) is 18.5 Å². The van der Waals surface area contributed by atoms with Crippen LogP contribution in [0, 0.1) is 10.1 Å². The van der Waals surface area contributed by atoms with Gasteiger partial charge in [0.2, 0.25) is 0 Å². The zero-order chi connectivity index (χ0) is 15.2. The van der Waals surface area contributed by atoms with Gasteiger partial charge < -0.3 is 4.90 Å². The van der Waals surface area contributed by atoms with Crippen molar-refractivity contribution in [3.63, 3.8) is 0 Å². The van der Waals surface area contributed by atoms with E-state index in [1.807, 2.05) is 4.90 Å². The van der Waals surface area contributed by atoms with Crippen LogP contribution in [-0.4, -0.2) is 34.5 Å². The molecule has 0 atom stereocenters. The number of nitrogens with zero attached hydrogens (tertiary/aromatic N) is 3. The minimum absolute atomic E-state index is 0.0162. The van der Waals surface area contributed by atoms with Crippen LogP contribution in [0.25, 0.3) is 0 Å². The zero-order valence-corrected chi connectivity index (χ0v) is 11.9. The summed E-state index contributed by atoms with van der Waals surface area (Å²) >= 11 is 0. The van der Waals surface area contributed by atoms with Crippen LogP contribution < -0.4 is 5.43 Å². The van der Waals surface area contributed by atoms with Crippen LogP contribution in [0.1, 0.15) is 26.2 Å². The summed E-state index contributed by atoms with van der Waals surface area (Å²) in [7, 11) is 0. The van der Waals surface area contributed by atoms with Crippen LogP contribution in [-0.2, 0) is 4.79 Å². The summed E-state index contributed by atoms with van der Waals surface area (Å²) in [6.45, 7) is 3.10. The van der Waals surface area contributed by atoms with Crippen LogP contribution in [0.15, 0.2) is 29.4 Å². The van der Waals surface area contributed by atoms with Gasteiger partial charge in [-0.3, -0.25) is 20.3 Å². The minimum atomic E-state index is -0.467. The number of hydrazone groups is 1. The Morgan fingerprint density at radius 3 is 2.67 bits per heavy atom. The molecule has 0 aromatic heterocycles. The van der Waals surface area contributed by atoms with Gasteiger partial charge in [0.25, 0.3) is 5.69 Å². The van der Waals surface area contributed by atoms with Crippen LogP contribution >= 0.6 is 0 Å². The molecule has 7 nitrogen and oxygen atoms in total. The molecule has 21 heavy (non-hydrogen) atoms. The van der Waals surface area contributed by atoms with Gasteiger partial charge in [0.05, 0.1) is 10.6 Å². The predicted molar refractivity (Wildman–Crippen MR) is 80.3 cm³/mol. The number of anilines is 1. The number of likely N-dealkylation sites (tertiary alicyclic amines) is 1. The van der Waals surface area contributed by atoms with E-state index in [1.54, 1.807) is 12.1 Å². The van der Waals surface area contributed by atoms with Gasteiger partial charge in [-0.15, -0.1) is 0 Å². The summed E-state index contributed by atoms with van der Waals surface area (Å²) < 4.78 is 0. The summed E-state index contributed by atoms with van der Waals surface area (Å²) in [5.41, 5.74) is 3.21. The number of non-ortho nitro benzene ring substituents is 1. The van der Waals surface area contributed by atoms with E-state index < -0.39 is 4.92 Å². The summed E-state index contributed by atoms with van der Waals surface area (Å²) in [5.74, 6) is 0.260. The molecule has 0 unspecified atom stereocenters. The van der Waals surface area contributed by atoms with Crippen molar-refractivity contribution in [3.05, 3.63) is 34.4 Å². The van der Waals surface area contributed by atoms with Gasteiger partial charge in [0.15, 0.2) is 11.6 Å². The Bertz CT molecular complexity index is 565. The van der Waals surface area contributed by atoms with Gasteiger partial charge in [-0.05, 0) is 25.3 Å². The Balaban J connectivity index is 2.14. The predicted octanol–water partition coefficient (Wildman–Crippen LogP) is 2.40. The van der Waals surface area contributed by atoms with E-state index in [4.69, 9.17) is 0 Å². The summed E-state index contributed by atoms with van der Waals surface area (Å²) in [6.07, 6.45) is 3.26. The SMILES string of the molecule is CC(=O)/C(=N\Nc1cccc([N+](=O)[O-])c1)N1CCCCC1. The van der Waals surface area contributed by atoms with E-state index >= 15 is 0 Å². The van der Waals surface area contributed by atoms with Crippen molar-refractivity contribution >= 4 is 23.0 Å². The first-order chi connectivity index (χ1) is 10.1. The molecular formula is C14H18N4O3. The highest BCUT2D eigenvalue weighted by atomic mass is 16.6. The fourth-order valence-electron chi connectivity index (χ4n) is 2.28. The third-order valence-corrected chi connectivity index (χ3v) is 3.32. The topological polar surface area (TPSA) is 87.8 Å². The lowest BCUT2D eigenvalue weighted by Gasteiger charge is -2.28. The molecule has 1 aromatic carbocycles. The Kier molecular flexibility index (Phi) is 4.86. The molecule has 1 aliphatic rings. The number of nitro benzene ring substituents is 1. The van der Waals surface area contributed by atoms with Crippen LogP contribution in [0.5, 0.6) is 0 Å². The maximum Gasteiger partial charge on any atom is 0.271 e. The first kappa shape index (κ1) is 15.0. The first-order valence-corrected chi connectivity index (χ1v) is 6.92.